The molecule has 0 bridgehead atoms. The second-order valence-corrected chi connectivity index (χ2v) is 6.35. The summed E-state index contributed by atoms with van der Waals surface area (Å²) < 4.78 is 5.26. The minimum atomic E-state index is -0.573. The lowest BCUT2D eigenvalue weighted by Gasteiger charge is -2.23. The molecule has 1 aliphatic heterocycles. The number of hydrogen-bond acceptors (Lipinski definition) is 3. The normalized spacial score (nSPS) is 18.2. The van der Waals surface area contributed by atoms with E-state index in [-0.39, 0.29) is 11.8 Å². The molecule has 1 saturated heterocycles. The Kier molecular flexibility index (Phi) is 4.54. The van der Waals surface area contributed by atoms with Crippen LogP contribution in [0.3, 0.4) is 0 Å². The number of anilines is 2. The van der Waals surface area contributed by atoms with Gasteiger partial charge in [-0.1, -0.05) is 18.2 Å². The molecule has 1 aliphatic rings. The molecule has 1 heterocycles. The molecule has 0 aliphatic carbocycles. The highest BCUT2D eigenvalue weighted by molar-refractivity contribution is 6.01. The second kappa shape index (κ2) is 6.22. The molecular weight excluding hydrogens is 280 g/mol. The first-order valence-corrected chi connectivity index (χ1v) is 7.32. The third-order valence-corrected chi connectivity index (χ3v) is 3.32. The molecule has 0 spiro atoms. The summed E-state index contributed by atoms with van der Waals surface area (Å²) >= 11 is 0. The van der Waals surface area contributed by atoms with E-state index in [4.69, 9.17) is 4.74 Å². The van der Waals surface area contributed by atoms with E-state index < -0.39 is 11.7 Å². The zero-order chi connectivity index (χ0) is 16.3. The van der Waals surface area contributed by atoms with Gasteiger partial charge in [0.2, 0.25) is 5.91 Å². The Balaban J connectivity index is 2.19. The molecule has 5 heteroatoms. The highest BCUT2D eigenvalue weighted by atomic mass is 16.6. The number of nitrogens with zero attached hydrogens (tertiary/aromatic N) is 1. The van der Waals surface area contributed by atoms with Crippen molar-refractivity contribution in [2.24, 2.45) is 5.92 Å². The summed E-state index contributed by atoms with van der Waals surface area (Å²) in [6, 6.07) is 7.22. The largest absolute Gasteiger partial charge is 0.444 e. The van der Waals surface area contributed by atoms with Crippen LogP contribution in [0.4, 0.5) is 16.2 Å². The summed E-state index contributed by atoms with van der Waals surface area (Å²) in [4.78, 5) is 25.8. The average molecular weight is 302 g/mol. The predicted molar refractivity (Wildman–Crippen MR) is 87.0 cm³/mol. The monoisotopic (exact) mass is 302 g/mol. The lowest BCUT2D eigenvalue weighted by atomic mass is 10.1. The topological polar surface area (TPSA) is 58.6 Å². The number of rotatable bonds is 3. The van der Waals surface area contributed by atoms with E-state index in [2.05, 4.69) is 11.9 Å². The van der Waals surface area contributed by atoms with Crippen LogP contribution in [-0.2, 0) is 9.53 Å². The van der Waals surface area contributed by atoms with Crippen LogP contribution in [0.5, 0.6) is 0 Å². The van der Waals surface area contributed by atoms with Crippen molar-refractivity contribution in [2.75, 3.05) is 16.8 Å². The van der Waals surface area contributed by atoms with Crippen molar-refractivity contribution in [3.05, 3.63) is 36.9 Å². The molecule has 5 nitrogen and oxygen atoms in total. The smallest absolute Gasteiger partial charge is 0.412 e. The molecule has 0 aromatic heterocycles. The Morgan fingerprint density at radius 3 is 2.68 bits per heavy atom. The summed E-state index contributed by atoms with van der Waals surface area (Å²) in [5.74, 6) is 0.172. The second-order valence-electron chi connectivity index (χ2n) is 6.35. The summed E-state index contributed by atoms with van der Waals surface area (Å²) in [6.07, 6.45) is 1.71. The Labute approximate surface area is 130 Å². The van der Waals surface area contributed by atoms with Gasteiger partial charge in [-0.05, 0) is 32.9 Å². The van der Waals surface area contributed by atoms with E-state index in [9.17, 15) is 9.59 Å². The van der Waals surface area contributed by atoms with Crippen molar-refractivity contribution in [1.29, 1.82) is 0 Å². The lowest BCUT2D eigenvalue weighted by molar-refractivity contribution is -0.117. The molecule has 2 rings (SSSR count). The zero-order valence-electron chi connectivity index (χ0n) is 13.3. The average Bonchev–Trinajstić information content (AvgIpc) is 2.78. The van der Waals surface area contributed by atoms with Crippen LogP contribution >= 0.6 is 0 Å². The third kappa shape index (κ3) is 3.87. The Morgan fingerprint density at radius 1 is 1.41 bits per heavy atom. The number of benzene rings is 1. The summed E-state index contributed by atoms with van der Waals surface area (Å²) in [5, 5.41) is 2.72. The SMILES string of the molecule is C=CC1CC(=O)N(c2ccccc2NC(=O)OC(C)(C)C)C1. The van der Waals surface area contributed by atoms with Gasteiger partial charge in [0.15, 0.2) is 0 Å². The highest BCUT2D eigenvalue weighted by Crippen LogP contribution is 2.31. The molecule has 0 radical (unpaired) electrons. The van der Waals surface area contributed by atoms with Crippen molar-refractivity contribution >= 4 is 23.4 Å². The van der Waals surface area contributed by atoms with Gasteiger partial charge in [0, 0.05) is 18.9 Å². The first-order chi connectivity index (χ1) is 10.3. The number of ether oxygens (including phenoxy) is 1. The molecule has 22 heavy (non-hydrogen) atoms. The van der Waals surface area contributed by atoms with Gasteiger partial charge in [-0.3, -0.25) is 10.1 Å². The van der Waals surface area contributed by atoms with Crippen molar-refractivity contribution in [3.8, 4) is 0 Å². The molecule has 1 aromatic carbocycles. The maximum absolute atomic E-state index is 12.1. The summed E-state index contributed by atoms with van der Waals surface area (Å²) in [7, 11) is 0. The number of amides is 2. The van der Waals surface area contributed by atoms with Gasteiger partial charge < -0.3 is 9.64 Å². The maximum atomic E-state index is 12.1. The Bertz CT molecular complexity index is 590. The fourth-order valence-electron chi connectivity index (χ4n) is 2.35. The molecule has 1 fully saturated rings. The van der Waals surface area contributed by atoms with E-state index >= 15 is 0 Å². The van der Waals surface area contributed by atoms with Gasteiger partial charge in [-0.15, -0.1) is 6.58 Å². The Morgan fingerprint density at radius 2 is 2.09 bits per heavy atom. The van der Waals surface area contributed by atoms with E-state index in [1.807, 2.05) is 18.2 Å². The van der Waals surface area contributed by atoms with Crippen LogP contribution in [0, 0.1) is 5.92 Å². The van der Waals surface area contributed by atoms with E-state index in [1.54, 1.807) is 37.8 Å². The molecule has 1 unspecified atom stereocenters. The first-order valence-electron chi connectivity index (χ1n) is 7.32. The number of hydrogen-bond donors (Lipinski definition) is 1. The Hall–Kier alpha value is -2.30. The van der Waals surface area contributed by atoms with Crippen molar-refractivity contribution < 1.29 is 14.3 Å². The minimum absolute atomic E-state index is 0.0309. The number of para-hydroxylation sites is 2. The fourth-order valence-corrected chi connectivity index (χ4v) is 2.35. The van der Waals surface area contributed by atoms with Crippen LogP contribution in [0.15, 0.2) is 36.9 Å². The van der Waals surface area contributed by atoms with Crippen molar-refractivity contribution in [1.82, 2.24) is 0 Å². The van der Waals surface area contributed by atoms with E-state index in [0.29, 0.717) is 24.3 Å². The first kappa shape index (κ1) is 16.1. The van der Waals surface area contributed by atoms with Gasteiger partial charge in [-0.2, -0.15) is 0 Å². The molecule has 2 amide bonds. The highest BCUT2D eigenvalue weighted by Gasteiger charge is 2.30. The predicted octanol–water partition coefficient (Wildman–Crippen LogP) is 3.57. The fraction of sp³-hybridized carbons (Fsp3) is 0.412. The number of carbonyl (C=O) groups is 2. The molecule has 118 valence electrons. The molecular formula is C17H22N2O3. The van der Waals surface area contributed by atoms with Gasteiger partial charge in [0.25, 0.3) is 0 Å². The molecule has 1 atom stereocenters. The summed E-state index contributed by atoms with van der Waals surface area (Å²) in [5.41, 5.74) is 0.675. The van der Waals surface area contributed by atoms with Crippen LogP contribution in [0.2, 0.25) is 0 Å². The number of nitrogens with one attached hydrogen (secondary N) is 1. The summed E-state index contributed by atoms with van der Waals surface area (Å²) in [6.45, 7) is 9.73. The number of carbonyl (C=O) groups excluding carboxylic acids is 2. The minimum Gasteiger partial charge on any atom is -0.444 e. The van der Waals surface area contributed by atoms with Crippen molar-refractivity contribution in [3.63, 3.8) is 0 Å². The van der Waals surface area contributed by atoms with Crippen molar-refractivity contribution in [2.45, 2.75) is 32.8 Å². The lowest BCUT2D eigenvalue weighted by Crippen LogP contribution is -2.29. The zero-order valence-corrected chi connectivity index (χ0v) is 13.3. The van der Waals surface area contributed by atoms with Gasteiger partial charge >= 0.3 is 6.09 Å². The quantitative estimate of drug-likeness (QED) is 0.868. The maximum Gasteiger partial charge on any atom is 0.412 e. The van der Waals surface area contributed by atoms with E-state index in [0.717, 1.165) is 0 Å². The standard InChI is InChI=1S/C17H22N2O3/c1-5-12-10-15(20)19(11-12)14-9-7-6-8-13(14)18-16(21)22-17(2,3)4/h5-9,12H,1,10-11H2,2-4H3,(H,18,21). The molecule has 0 saturated carbocycles. The van der Waals surface area contributed by atoms with Crippen LogP contribution in [-0.4, -0.2) is 24.1 Å². The van der Waals surface area contributed by atoms with Gasteiger partial charge in [0.1, 0.15) is 5.60 Å². The van der Waals surface area contributed by atoms with Crippen LogP contribution < -0.4 is 10.2 Å². The molecule has 1 N–H and O–H groups in total. The van der Waals surface area contributed by atoms with E-state index in [1.165, 1.54) is 0 Å². The third-order valence-electron chi connectivity index (χ3n) is 3.32. The van der Waals surface area contributed by atoms with Gasteiger partial charge in [0.05, 0.1) is 11.4 Å². The molecule has 1 aromatic rings. The van der Waals surface area contributed by atoms with Gasteiger partial charge in [-0.25, -0.2) is 4.79 Å². The van der Waals surface area contributed by atoms with Crippen LogP contribution in [0.25, 0.3) is 0 Å². The van der Waals surface area contributed by atoms with Crippen LogP contribution in [0.1, 0.15) is 27.2 Å².